The molecule has 0 saturated heterocycles. The van der Waals surface area contributed by atoms with E-state index in [-0.39, 0.29) is 10.9 Å². The van der Waals surface area contributed by atoms with E-state index in [0.29, 0.717) is 27.2 Å². The number of halogens is 3. The number of hydrogen-bond donors (Lipinski definition) is 2. The zero-order chi connectivity index (χ0) is 15.1. The summed E-state index contributed by atoms with van der Waals surface area (Å²) in [5.74, 6) is -0.107. The van der Waals surface area contributed by atoms with Gasteiger partial charge in [0.05, 0.1) is 9.50 Å². The Hall–Kier alpha value is -1.63. The van der Waals surface area contributed by atoms with Gasteiger partial charge in [-0.3, -0.25) is 4.79 Å². The molecule has 4 nitrogen and oxygen atoms in total. The molecule has 1 atom stereocenters. The van der Waals surface area contributed by atoms with Gasteiger partial charge in [-0.25, -0.2) is 4.39 Å². The molecule has 3 N–H and O–H groups in total. The third kappa shape index (κ3) is 2.62. The minimum absolute atomic E-state index is 0.0219. The van der Waals surface area contributed by atoms with Gasteiger partial charge in [0.25, 0.3) is 0 Å². The molecule has 0 bridgehead atoms. The van der Waals surface area contributed by atoms with Gasteiger partial charge in [-0.15, -0.1) is 0 Å². The van der Waals surface area contributed by atoms with E-state index in [2.05, 4.69) is 21.2 Å². The van der Waals surface area contributed by atoms with Crippen LogP contribution < -0.4 is 15.8 Å². The Morgan fingerprint density at radius 1 is 1.33 bits per heavy atom. The van der Waals surface area contributed by atoms with Crippen LogP contribution in [0.1, 0.15) is 11.6 Å². The molecule has 2 aromatic carbocycles. The van der Waals surface area contributed by atoms with Gasteiger partial charge >= 0.3 is 0 Å². The van der Waals surface area contributed by atoms with E-state index >= 15 is 0 Å². The van der Waals surface area contributed by atoms with Crippen molar-refractivity contribution in [3.8, 4) is 11.5 Å². The molecule has 0 spiro atoms. The van der Waals surface area contributed by atoms with Crippen LogP contribution in [0.2, 0.25) is 5.02 Å². The van der Waals surface area contributed by atoms with E-state index < -0.39 is 11.9 Å². The molecule has 1 heterocycles. The Bertz CT molecular complexity index is 754. The number of carbonyl (C=O) groups is 1. The highest BCUT2D eigenvalue weighted by molar-refractivity contribution is 9.10. The number of benzene rings is 2. The van der Waals surface area contributed by atoms with Crippen LogP contribution in [0.25, 0.3) is 0 Å². The van der Waals surface area contributed by atoms with E-state index in [9.17, 15) is 9.18 Å². The van der Waals surface area contributed by atoms with Crippen LogP contribution in [-0.4, -0.2) is 5.91 Å². The monoisotopic (exact) mass is 370 g/mol. The predicted octanol–water partition coefficient (Wildman–Crippen LogP) is 3.99. The van der Waals surface area contributed by atoms with Crippen LogP contribution in [0.5, 0.6) is 11.5 Å². The number of nitrogens with two attached hydrogens (primary N) is 1. The van der Waals surface area contributed by atoms with Crippen molar-refractivity contribution >= 4 is 39.1 Å². The Morgan fingerprint density at radius 2 is 2.10 bits per heavy atom. The number of nitrogens with one attached hydrogen (secondary N) is 1. The summed E-state index contributed by atoms with van der Waals surface area (Å²) in [6, 6.07) is 6.79. The summed E-state index contributed by atoms with van der Waals surface area (Å²) in [5, 5.41) is 2.68. The van der Waals surface area contributed by atoms with E-state index in [1.165, 1.54) is 12.1 Å². The second-order valence-electron chi connectivity index (χ2n) is 4.51. The smallest absolute Gasteiger partial charge is 0.245 e. The topological polar surface area (TPSA) is 64.4 Å². The summed E-state index contributed by atoms with van der Waals surface area (Å²) in [6.07, 6.45) is 0. The van der Waals surface area contributed by atoms with Crippen molar-refractivity contribution < 1.29 is 13.9 Å². The van der Waals surface area contributed by atoms with Gasteiger partial charge in [0.1, 0.15) is 23.4 Å². The molecule has 0 aromatic heterocycles. The van der Waals surface area contributed by atoms with Gasteiger partial charge in [0, 0.05) is 23.4 Å². The molecule has 21 heavy (non-hydrogen) atoms. The maximum absolute atomic E-state index is 13.4. The summed E-state index contributed by atoms with van der Waals surface area (Å²) in [5.41, 5.74) is 7.03. The van der Waals surface area contributed by atoms with Gasteiger partial charge in [-0.1, -0.05) is 11.6 Å². The third-order valence-corrected chi connectivity index (χ3v) is 4.02. The number of ether oxygens (including phenoxy) is 1. The Balaban J connectivity index is 1.95. The number of anilines is 1. The molecular weight excluding hydrogens is 363 g/mol. The summed E-state index contributed by atoms with van der Waals surface area (Å²) < 4.78 is 19.6. The fraction of sp³-hybridized carbons (Fsp3) is 0.0714. The maximum atomic E-state index is 13.4. The van der Waals surface area contributed by atoms with Crippen molar-refractivity contribution in [3.05, 3.63) is 51.2 Å². The van der Waals surface area contributed by atoms with Crippen molar-refractivity contribution in [1.29, 1.82) is 0 Å². The van der Waals surface area contributed by atoms with Gasteiger partial charge < -0.3 is 15.8 Å². The highest BCUT2D eigenvalue weighted by Gasteiger charge is 2.28. The lowest BCUT2D eigenvalue weighted by molar-refractivity contribution is -0.116. The zero-order valence-electron chi connectivity index (χ0n) is 10.5. The highest BCUT2D eigenvalue weighted by atomic mass is 79.9. The quantitative estimate of drug-likeness (QED) is 0.839. The highest BCUT2D eigenvalue weighted by Crippen LogP contribution is 2.39. The fourth-order valence-corrected chi connectivity index (χ4v) is 2.59. The third-order valence-electron chi connectivity index (χ3n) is 3.10. The van der Waals surface area contributed by atoms with Gasteiger partial charge in [-0.05, 0) is 34.1 Å². The first-order valence-electron chi connectivity index (χ1n) is 5.98. The van der Waals surface area contributed by atoms with Gasteiger partial charge in [-0.2, -0.15) is 0 Å². The number of carbonyl (C=O) groups excluding carboxylic acids is 1. The Kier molecular flexibility index (Phi) is 3.61. The van der Waals surface area contributed by atoms with Crippen molar-refractivity contribution in [2.24, 2.45) is 5.73 Å². The lowest BCUT2D eigenvalue weighted by Crippen LogP contribution is -2.19. The molecule has 1 amide bonds. The minimum Gasteiger partial charge on any atom is -0.456 e. The Labute approximate surface area is 133 Å². The summed E-state index contributed by atoms with van der Waals surface area (Å²) in [6.45, 7) is 0. The zero-order valence-corrected chi connectivity index (χ0v) is 12.8. The van der Waals surface area contributed by atoms with Crippen molar-refractivity contribution in [3.63, 3.8) is 0 Å². The van der Waals surface area contributed by atoms with Crippen LogP contribution >= 0.6 is 27.5 Å². The average molecular weight is 372 g/mol. The maximum Gasteiger partial charge on any atom is 0.245 e. The largest absolute Gasteiger partial charge is 0.456 e. The van der Waals surface area contributed by atoms with Crippen LogP contribution in [0.15, 0.2) is 34.8 Å². The first kappa shape index (κ1) is 14.3. The first-order chi connectivity index (χ1) is 9.95. The fourth-order valence-electron chi connectivity index (χ4n) is 2.03. The second-order valence-corrected chi connectivity index (χ2v) is 5.78. The lowest BCUT2D eigenvalue weighted by Gasteiger charge is -2.11. The van der Waals surface area contributed by atoms with Crippen LogP contribution in [0, 0.1) is 5.82 Å². The molecule has 0 radical (unpaired) electrons. The minimum atomic E-state index is -0.696. The van der Waals surface area contributed by atoms with E-state index in [1.807, 2.05) is 0 Å². The standard InChI is InChI=1S/C14H9BrClFN2O2/c15-8-4-7-11(19-14(20)13(7)18)5-12(8)21-6-1-2-9(16)10(17)3-6/h1-5,13H,18H2,(H,19,20). The SMILES string of the molecule is NC1C(=O)Nc2cc(Oc3ccc(Cl)c(F)c3)c(Br)cc21. The normalized spacial score (nSPS) is 16.6. The van der Waals surface area contributed by atoms with Crippen molar-refractivity contribution in [1.82, 2.24) is 0 Å². The van der Waals surface area contributed by atoms with Crippen LogP contribution in [0.4, 0.5) is 10.1 Å². The molecule has 1 aliphatic rings. The summed E-state index contributed by atoms with van der Waals surface area (Å²) in [7, 11) is 0. The molecule has 0 saturated carbocycles. The van der Waals surface area contributed by atoms with Gasteiger partial charge in [0.15, 0.2) is 0 Å². The average Bonchev–Trinajstić information content (AvgIpc) is 2.70. The molecular formula is C14H9BrClFN2O2. The first-order valence-corrected chi connectivity index (χ1v) is 7.15. The van der Waals surface area contributed by atoms with Crippen molar-refractivity contribution in [2.75, 3.05) is 5.32 Å². The lowest BCUT2D eigenvalue weighted by atomic mass is 10.1. The molecule has 1 unspecified atom stereocenters. The van der Waals surface area contributed by atoms with Crippen LogP contribution in [-0.2, 0) is 4.79 Å². The molecule has 0 fully saturated rings. The van der Waals surface area contributed by atoms with E-state index in [0.717, 1.165) is 0 Å². The predicted molar refractivity (Wildman–Crippen MR) is 81.2 cm³/mol. The van der Waals surface area contributed by atoms with E-state index in [4.69, 9.17) is 22.1 Å². The number of rotatable bonds is 2. The molecule has 1 aliphatic heterocycles. The number of hydrogen-bond acceptors (Lipinski definition) is 3. The molecule has 0 aliphatic carbocycles. The van der Waals surface area contributed by atoms with E-state index in [1.54, 1.807) is 18.2 Å². The second kappa shape index (κ2) is 5.29. The summed E-state index contributed by atoms with van der Waals surface area (Å²) in [4.78, 5) is 11.5. The molecule has 7 heteroatoms. The van der Waals surface area contributed by atoms with Crippen LogP contribution in [0.3, 0.4) is 0 Å². The number of fused-ring (bicyclic) bond motifs is 1. The van der Waals surface area contributed by atoms with Crippen molar-refractivity contribution in [2.45, 2.75) is 6.04 Å². The van der Waals surface area contributed by atoms with Gasteiger partial charge in [0.2, 0.25) is 5.91 Å². The summed E-state index contributed by atoms with van der Waals surface area (Å²) >= 11 is 8.97. The molecule has 2 aromatic rings. The Morgan fingerprint density at radius 3 is 2.81 bits per heavy atom. The molecule has 108 valence electrons. The number of amides is 1. The molecule has 3 rings (SSSR count).